The molecule has 0 aromatic heterocycles. The Bertz CT molecular complexity index is 745. The van der Waals surface area contributed by atoms with Gasteiger partial charge in [0.25, 0.3) is 0 Å². The molecule has 0 aliphatic rings. The molecule has 0 spiro atoms. The Morgan fingerprint density at radius 2 is 1.60 bits per heavy atom. The molecule has 0 radical (unpaired) electrons. The smallest absolute Gasteiger partial charge is 0.357 e. The lowest BCUT2D eigenvalue weighted by molar-refractivity contribution is 0.214. The summed E-state index contributed by atoms with van der Waals surface area (Å²) in [4.78, 5) is 0. The zero-order valence-corrected chi connectivity index (χ0v) is 16.3. The van der Waals surface area contributed by atoms with Gasteiger partial charge in [-0.3, -0.25) is 4.57 Å². The second kappa shape index (κ2) is 8.93. The number of halogens is 2. The van der Waals surface area contributed by atoms with Crippen molar-refractivity contribution in [3.63, 3.8) is 0 Å². The molecule has 0 aliphatic heterocycles. The summed E-state index contributed by atoms with van der Waals surface area (Å²) in [5.74, 6) is -0.864. The van der Waals surface area contributed by atoms with Crippen LogP contribution in [0.15, 0.2) is 42.5 Å². The Balaban J connectivity index is 2.49. The van der Waals surface area contributed by atoms with Crippen molar-refractivity contribution in [1.82, 2.24) is 0 Å². The molecule has 0 heterocycles. The van der Waals surface area contributed by atoms with Crippen LogP contribution in [-0.4, -0.2) is 18.3 Å². The highest BCUT2D eigenvalue weighted by atomic mass is 35.5. The van der Waals surface area contributed by atoms with Crippen LogP contribution in [0.4, 0.5) is 5.69 Å². The van der Waals surface area contributed by atoms with Crippen LogP contribution in [0.5, 0.6) is 5.75 Å². The maximum atomic E-state index is 13.3. The van der Waals surface area contributed by atoms with Gasteiger partial charge in [-0.25, -0.2) is 0 Å². The number of hydrogen-bond donors (Lipinski definition) is 2. The minimum Gasteiger partial charge on any atom is -0.506 e. The first-order chi connectivity index (χ1) is 11.9. The van der Waals surface area contributed by atoms with Crippen molar-refractivity contribution < 1.29 is 18.7 Å². The van der Waals surface area contributed by atoms with E-state index >= 15 is 0 Å². The molecule has 8 heteroatoms. The second-order valence-electron chi connectivity index (χ2n) is 5.14. The Hall–Kier alpha value is -1.23. The van der Waals surface area contributed by atoms with Crippen LogP contribution in [0.1, 0.15) is 25.2 Å². The fourth-order valence-electron chi connectivity index (χ4n) is 2.31. The van der Waals surface area contributed by atoms with Crippen molar-refractivity contribution in [1.29, 1.82) is 0 Å². The summed E-state index contributed by atoms with van der Waals surface area (Å²) in [5.41, 5.74) is 0.973. The fourth-order valence-corrected chi connectivity index (χ4v) is 4.53. The lowest BCUT2D eigenvalue weighted by Crippen LogP contribution is -2.15. The number of aromatic hydroxyl groups is 1. The molecular formula is C17H20Cl2NO4P. The number of nitrogens with one attached hydrogen (secondary N) is 1. The Labute approximate surface area is 157 Å². The van der Waals surface area contributed by atoms with Crippen LogP contribution >= 0.6 is 30.8 Å². The van der Waals surface area contributed by atoms with Crippen LogP contribution in [0, 0.1) is 0 Å². The summed E-state index contributed by atoms with van der Waals surface area (Å²) in [7, 11) is -3.58. The minimum absolute atomic E-state index is 0.0251. The van der Waals surface area contributed by atoms with Crippen molar-refractivity contribution >= 4 is 36.5 Å². The molecule has 2 N–H and O–H groups in total. The maximum absolute atomic E-state index is 13.3. The fraction of sp³-hybridized carbons (Fsp3) is 0.294. The average Bonchev–Trinajstić information content (AvgIpc) is 2.57. The summed E-state index contributed by atoms with van der Waals surface area (Å²) < 4.78 is 24.3. The van der Waals surface area contributed by atoms with Gasteiger partial charge in [0, 0.05) is 10.0 Å². The molecule has 1 atom stereocenters. The third kappa shape index (κ3) is 5.13. The number of hydrogen-bond acceptors (Lipinski definition) is 5. The monoisotopic (exact) mass is 403 g/mol. The van der Waals surface area contributed by atoms with Gasteiger partial charge in [0.05, 0.1) is 18.9 Å². The van der Waals surface area contributed by atoms with Crippen LogP contribution in [0.25, 0.3) is 0 Å². The van der Waals surface area contributed by atoms with E-state index in [0.717, 1.165) is 0 Å². The van der Waals surface area contributed by atoms with Crippen molar-refractivity contribution in [2.75, 3.05) is 18.5 Å². The highest BCUT2D eigenvalue weighted by Crippen LogP contribution is 2.61. The van der Waals surface area contributed by atoms with Crippen molar-refractivity contribution in [2.24, 2.45) is 0 Å². The van der Waals surface area contributed by atoms with Crippen LogP contribution in [0.3, 0.4) is 0 Å². The number of benzene rings is 2. The Kier molecular flexibility index (Phi) is 7.17. The highest BCUT2D eigenvalue weighted by Gasteiger charge is 2.37. The third-order valence-electron chi connectivity index (χ3n) is 3.37. The second-order valence-corrected chi connectivity index (χ2v) is 8.12. The highest BCUT2D eigenvalue weighted by molar-refractivity contribution is 7.54. The molecule has 0 bridgehead atoms. The quantitative estimate of drug-likeness (QED) is 0.413. The van der Waals surface area contributed by atoms with E-state index in [2.05, 4.69) is 5.32 Å². The minimum atomic E-state index is -3.58. The van der Waals surface area contributed by atoms with Crippen LogP contribution in [-0.2, 0) is 13.6 Å². The summed E-state index contributed by atoms with van der Waals surface area (Å²) in [5, 5.41) is 14.1. The molecular weight excluding hydrogens is 384 g/mol. The van der Waals surface area contributed by atoms with Crippen LogP contribution < -0.4 is 5.32 Å². The van der Waals surface area contributed by atoms with Gasteiger partial charge in [0.1, 0.15) is 5.75 Å². The zero-order valence-electron chi connectivity index (χ0n) is 13.9. The standard InChI is InChI=1S/C17H20Cl2NO4P/c1-3-23-25(22,24-4-2)17(12-5-7-13(18)8-6-12)20-15-11-14(19)9-10-16(15)21/h5-11,17,20-21H,3-4H2,1-2H3. The SMILES string of the molecule is CCOP(=O)(OCC)C(Nc1cc(Cl)ccc1O)c1ccc(Cl)cc1. The molecule has 0 amide bonds. The largest absolute Gasteiger partial charge is 0.506 e. The van der Waals surface area contributed by atoms with Gasteiger partial charge in [-0.2, -0.15) is 0 Å². The van der Waals surface area contributed by atoms with Crippen LogP contribution in [0.2, 0.25) is 10.0 Å². The topological polar surface area (TPSA) is 67.8 Å². The van der Waals surface area contributed by atoms with Gasteiger partial charge in [0.15, 0.2) is 5.78 Å². The molecule has 2 aromatic rings. The zero-order chi connectivity index (χ0) is 18.4. The van der Waals surface area contributed by atoms with E-state index in [1.165, 1.54) is 6.07 Å². The first kappa shape index (κ1) is 20.1. The molecule has 5 nitrogen and oxygen atoms in total. The van der Waals surface area contributed by atoms with E-state index in [1.807, 2.05) is 0 Å². The Morgan fingerprint density at radius 1 is 1.04 bits per heavy atom. The van der Waals surface area contributed by atoms with E-state index < -0.39 is 13.4 Å². The molecule has 0 saturated heterocycles. The van der Waals surface area contributed by atoms with Crippen molar-refractivity contribution in [3.05, 3.63) is 58.1 Å². The molecule has 25 heavy (non-hydrogen) atoms. The summed E-state index contributed by atoms with van der Waals surface area (Å²) in [6.07, 6.45) is 0. The molecule has 0 saturated carbocycles. The third-order valence-corrected chi connectivity index (χ3v) is 6.15. The van der Waals surface area contributed by atoms with Gasteiger partial charge in [-0.1, -0.05) is 35.3 Å². The maximum Gasteiger partial charge on any atom is 0.357 e. The number of rotatable bonds is 8. The first-order valence-electron chi connectivity index (χ1n) is 7.79. The van der Waals surface area contributed by atoms with Gasteiger partial charge in [-0.05, 0) is 49.7 Å². The summed E-state index contributed by atoms with van der Waals surface area (Å²) >= 11 is 12.0. The lowest BCUT2D eigenvalue weighted by atomic mass is 10.2. The normalized spacial score (nSPS) is 12.8. The molecule has 0 aliphatic carbocycles. The van der Waals surface area contributed by atoms with Gasteiger partial charge in [0.2, 0.25) is 0 Å². The van der Waals surface area contributed by atoms with Gasteiger partial charge >= 0.3 is 7.60 Å². The molecule has 2 aromatic carbocycles. The van der Waals surface area contributed by atoms with E-state index in [1.54, 1.807) is 50.2 Å². The number of phenolic OH excluding ortho intramolecular Hbond substituents is 1. The average molecular weight is 404 g/mol. The van der Waals surface area contributed by atoms with Crippen molar-refractivity contribution in [3.8, 4) is 5.75 Å². The Morgan fingerprint density at radius 3 is 2.16 bits per heavy atom. The molecule has 0 fully saturated rings. The summed E-state index contributed by atoms with van der Waals surface area (Å²) in [6, 6.07) is 11.4. The van der Waals surface area contributed by atoms with E-state index in [9.17, 15) is 9.67 Å². The van der Waals surface area contributed by atoms with Gasteiger partial charge < -0.3 is 19.5 Å². The summed E-state index contributed by atoms with van der Waals surface area (Å²) in [6.45, 7) is 3.90. The first-order valence-corrected chi connectivity index (χ1v) is 10.2. The van der Waals surface area contributed by atoms with Gasteiger partial charge in [-0.15, -0.1) is 0 Å². The van der Waals surface area contributed by atoms with Crippen molar-refractivity contribution in [2.45, 2.75) is 19.6 Å². The lowest BCUT2D eigenvalue weighted by Gasteiger charge is -2.28. The molecule has 2 rings (SSSR count). The van der Waals surface area contributed by atoms with E-state index in [4.69, 9.17) is 32.2 Å². The predicted molar refractivity (Wildman–Crippen MR) is 102 cm³/mol. The molecule has 136 valence electrons. The predicted octanol–water partition coefficient (Wildman–Crippen LogP) is 6.08. The number of anilines is 1. The van der Waals surface area contributed by atoms with E-state index in [0.29, 0.717) is 21.3 Å². The molecule has 1 unspecified atom stereocenters. The van der Waals surface area contributed by atoms with E-state index in [-0.39, 0.29) is 19.0 Å². The number of phenols is 1.